The summed E-state index contributed by atoms with van der Waals surface area (Å²) in [6, 6.07) is 11.7. The van der Waals surface area contributed by atoms with Crippen LogP contribution >= 0.6 is 35.4 Å². The topological polar surface area (TPSA) is 76.4 Å². The third kappa shape index (κ3) is 5.26. The molecule has 2 aromatic rings. The van der Waals surface area contributed by atoms with E-state index in [0.29, 0.717) is 21.5 Å². The van der Waals surface area contributed by atoms with Crippen LogP contribution in [0.5, 0.6) is 5.75 Å². The van der Waals surface area contributed by atoms with Crippen LogP contribution in [0, 0.1) is 0 Å². The number of rotatable bonds is 5. The number of thiocarbonyl (C=S) groups is 1. The van der Waals surface area contributed by atoms with E-state index in [2.05, 4.69) is 10.6 Å². The van der Waals surface area contributed by atoms with Gasteiger partial charge in [0.25, 0.3) is 5.91 Å². The van der Waals surface area contributed by atoms with Crippen LogP contribution in [0.25, 0.3) is 0 Å². The Morgan fingerprint density at radius 1 is 1.12 bits per heavy atom. The Bertz CT molecular complexity index is 753. The van der Waals surface area contributed by atoms with Crippen molar-refractivity contribution in [1.82, 2.24) is 0 Å². The van der Waals surface area contributed by atoms with Gasteiger partial charge in [-0.25, -0.2) is 0 Å². The van der Waals surface area contributed by atoms with Crippen molar-refractivity contribution in [1.29, 1.82) is 0 Å². The highest BCUT2D eigenvalue weighted by Crippen LogP contribution is 2.28. The van der Waals surface area contributed by atoms with Gasteiger partial charge >= 0.3 is 0 Å². The third-order valence-electron chi connectivity index (χ3n) is 2.99. The minimum Gasteiger partial charge on any atom is -0.479 e. The van der Waals surface area contributed by atoms with E-state index in [1.807, 2.05) is 0 Å². The van der Waals surface area contributed by atoms with E-state index in [1.165, 1.54) is 0 Å². The average Bonchev–Trinajstić information content (AvgIpc) is 2.51. The Morgan fingerprint density at radius 2 is 1.71 bits per heavy atom. The molecular formula is C16H15Cl2N3O2S. The van der Waals surface area contributed by atoms with E-state index in [1.54, 1.807) is 49.4 Å². The molecule has 1 atom stereocenters. The summed E-state index contributed by atoms with van der Waals surface area (Å²) in [4.78, 5) is 12.2. The molecule has 2 rings (SSSR count). The maximum atomic E-state index is 12.2. The number of halogens is 2. The molecular weight excluding hydrogens is 369 g/mol. The van der Waals surface area contributed by atoms with Crippen molar-refractivity contribution in [2.45, 2.75) is 13.0 Å². The molecule has 5 nitrogen and oxygen atoms in total. The summed E-state index contributed by atoms with van der Waals surface area (Å²) in [6.45, 7) is 1.63. The number of carbonyl (C=O) groups excluding carboxylic acids is 1. The number of anilines is 2. The van der Waals surface area contributed by atoms with Crippen LogP contribution in [0.4, 0.5) is 11.4 Å². The second-order valence-corrected chi connectivity index (χ2v) is 6.17. The second-order valence-electron chi connectivity index (χ2n) is 4.89. The van der Waals surface area contributed by atoms with Crippen molar-refractivity contribution >= 4 is 57.8 Å². The highest BCUT2D eigenvalue weighted by Gasteiger charge is 2.16. The van der Waals surface area contributed by atoms with Crippen LogP contribution in [0.2, 0.25) is 10.0 Å². The summed E-state index contributed by atoms with van der Waals surface area (Å²) in [5.74, 6) is 0.0794. The monoisotopic (exact) mass is 383 g/mol. The predicted molar refractivity (Wildman–Crippen MR) is 102 cm³/mol. The molecule has 0 unspecified atom stereocenters. The normalized spacial score (nSPS) is 11.5. The molecule has 0 aliphatic heterocycles. The molecule has 4 N–H and O–H groups in total. The van der Waals surface area contributed by atoms with Gasteiger partial charge < -0.3 is 21.1 Å². The fourth-order valence-electron chi connectivity index (χ4n) is 1.84. The largest absolute Gasteiger partial charge is 0.479 e. The van der Waals surface area contributed by atoms with Gasteiger partial charge in [-0.15, -0.1) is 0 Å². The first kappa shape index (κ1) is 18.3. The number of amides is 1. The van der Waals surface area contributed by atoms with Crippen LogP contribution in [0.1, 0.15) is 6.92 Å². The molecule has 0 radical (unpaired) electrons. The SMILES string of the molecule is C[C@@H](Oc1ccc(Cl)cc1Cl)C(=O)Nc1ccc(NC(N)=S)cc1. The fourth-order valence-corrected chi connectivity index (χ4v) is 2.41. The summed E-state index contributed by atoms with van der Waals surface area (Å²) in [6.07, 6.45) is -0.738. The highest BCUT2D eigenvalue weighted by molar-refractivity contribution is 7.80. The first-order valence-electron chi connectivity index (χ1n) is 6.94. The van der Waals surface area contributed by atoms with E-state index < -0.39 is 6.10 Å². The zero-order valence-electron chi connectivity index (χ0n) is 12.7. The standard InChI is InChI=1S/C16H15Cl2N3O2S/c1-9(23-14-7-2-10(17)8-13(14)18)15(22)20-11-3-5-12(6-4-11)21-16(19)24/h2-9H,1H3,(H,20,22)(H3,19,21,24)/t9-/m1/s1. The van der Waals surface area contributed by atoms with Gasteiger partial charge in [0.1, 0.15) is 5.75 Å². The molecule has 2 aromatic carbocycles. The van der Waals surface area contributed by atoms with Gasteiger partial charge in [-0.1, -0.05) is 23.2 Å². The molecule has 0 aromatic heterocycles. The molecule has 0 heterocycles. The molecule has 0 aliphatic rings. The van der Waals surface area contributed by atoms with Gasteiger partial charge in [0, 0.05) is 16.4 Å². The van der Waals surface area contributed by atoms with Gasteiger partial charge in [-0.2, -0.15) is 0 Å². The molecule has 0 bridgehead atoms. The van der Waals surface area contributed by atoms with Gasteiger partial charge in [0.05, 0.1) is 5.02 Å². The van der Waals surface area contributed by atoms with Crippen molar-refractivity contribution in [3.63, 3.8) is 0 Å². The van der Waals surface area contributed by atoms with Crippen molar-refractivity contribution in [2.75, 3.05) is 10.6 Å². The zero-order valence-corrected chi connectivity index (χ0v) is 15.0. The van der Waals surface area contributed by atoms with Crippen LogP contribution < -0.4 is 21.1 Å². The van der Waals surface area contributed by atoms with Crippen molar-refractivity contribution in [2.24, 2.45) is 5.73 Å². The fraction of sp³-hybridized carbons (Fsp3) is 0.125. The Hall–Kier alpha value is -2.02. The number of ether oxygens (including phenoxy) is 1. The van der Waals surface area contributed by atoms with Crippen molar-refractivity contribution in [3.8, 4) is 5.75 Å². The molecule has 0 saturated heterocycles. The predicted octanol–water partition coefficient (Wildman–Crippen LogP) is 4.05. The summed E-state index contributed by atoms with van der Waals surface area (Å²) in [7, 11) is 0. The summed E-state index contributed by atoms with van der Waals surface area (Å²) < 4.78 is 5.56. The van der Waals surface area contributed by atoms with Gasteiger partial charge in [0.2, 0.25) is 0 Å². The van der Waals surface area contributed by atoms with Crippen LogP contribution in [0.15, 0.2) is 42.5 Å². The number of benzene rings is 2. The average molecular weight is 384 g/mol. The van der Waals surface area contributed by atoms with Crippen LogP contribution in [-0.2, 0) is 4.79 Å². The molecule has 24 heavy (non-hydrogen) atoms. The Kier molecular flexibility index (Phi) is 6.25. The first-order chi connectivity index (χ1) is 11.3. The third-order valence-corrected chi connectivity index (χ3v) is 3.62. The van der Waals surface area contributed by atoms with Gasteiger partial charge in [-0.05, 0) is 61.6 Å². The molecule has 8 heteroatoms. The summed E-state index contributed by atoms with van der Waals surface area (Å²) >= 11 is 16.6. The number of nitrogens with two attached hydrogens (primary N) is 1. The lowest BCUT2D eigenvalue weighted by molar-refractivity contribution is -0.122. The Balaban J connectivity index is 1.97. The highest BCUT2D eigenvalue weighted by atomic mass is 35.5. The van der Waals surface area contributed by atoms with E-state index in [-0.39, 0.29) is 11.0 Å². The second kappa shape index (κ2) is 8.19. The smallest absolute Gasteiger partial charge is 0.265 e. The van der Waals surface area contributed by atoms with E-state index in [4.69, 9.17) is 45.9 Å². The molecule has 126 valence electrons. The van der Waals surface area contributed by atoms with Crippen molar-refractivity contribution < 1.29 is 9.53 Å². The maximum absolute atomic E-state index is 12.2. The van der Waals surface area contributed by atoms with E-state index >= 15 is 0 Å². The molecule has 0 spiro atoms. The number of carbonyl (C=O) groups is 1. The van der Waals surface area contributed by atoms with Crippen molar-refractivity contribution in [3.05, 3.63) is 52.5 Å². The first-order valence-corrected chi connectivity index (χ1v) is 8.10. The van der Waals surface area contributed by atoms with Gasteiger partial charge in [-0.3, -0.25) is 4.79 Å². The van der Waals surface area contributed by atoms with Crippen LogP contribution in [-0.4, -0.2) is 17.1 Å². The quantitative estimate of drug-likeness (QED) is 0.678. The minimum absolute atomic E-state index is 0.175. The maximum Gasteiger partial charge on any atom is 0.265 e. The lowest BCUT2D eigenvalue weighted by Gasteiger charge is -2.16. The Morgan fingerprint density at radius 3 is 2.25 bits per heavy atom. The minimum atomic E-state index is -0.738. The van der Waals surface area contributed by atoms with Gasteiger partial charge in [0.15, 0.2) is 11.2 Å². The number of hydrogen-bond acceptors (Lipinski definition) is 3. The molecule has 0 saturated carbocycles. The lowest BCUT2D eigenvalue weighted by atomic mass is 10.2. The molecule has 0 aliphatic carbocycles. The van der Waals surface area contributed by atoms with Crippen LogP contribution in [0.3, 0.4) is 0 Å². The van der Waals surface area contributed by atoms with E-state index in [9.17, 15) is 4.79 Å². The lowest BCUT2D eigenvalue weighted by Crippen LogP contribution is -2.30. The molecule has 0 fully saturated rings. The summed E-state index contributed by atoms with van der Waals surface area (Å²) in [5, 5.41) is 6.56. The zero-order chi connectivity index (χ0) is 17.7. The molecule has 1 amide bonds. The summed E-state index contributed by atoms with van der Waals surface area (Å²) in [5.41, 5.74) is 6.74. The number of nitrogens with one attached hydrogen (secondary N) is 2. The Labute approximate surface area is 155 Å². The number of hydrogen-bond donors (Lipinski definition) is 3. The van der Waals surface area contributed by atoms with E-state index in [0.717, 1.165) is 5.69 Å².